The van der Waals surface area contributed by atoms with Crippen molar-refractivity contribution in [3.63, 3.8) is 0 Å². The van der Waals surface area contributed by atoms with Gasteiger partial charge in [-0.3, -0.25) is 0 Å². The smallest absolute Gasteiger partial charge is 0.379 e. The van der Waals surface area contributed by atoms with Crippen LogP contribution in [0.15, 0.2) is 30.3 Å². The normalized spacial score (nSPS) is 13.1. The predicted molar refractivity (Wildman–Crippen MR) is 62.3 cm³/mol. The Hall–Kier alpha value is -1.49. The van der Waals surface area contributed by atoms with Gasteiger partial charge in [0.2, 0.25) is 0 Å². The number of hydrogen-bond donors (Lipinski definition) is 1. The van der Waals surface area contributed by atoms with E-state index in [0.717, 1.165) is 5.56 Å². The van der Waals surface area contributed by atoms with Crippen molar-refractivity contribution >= 4 is 5.97 Å². The summed E-state index contributed by atoms with van der Waals surface area (Å²) >= 11 is 0. The number of benzene rings is 1. The Labute approximate surface area is 104 Å². The van der Waals surface area contributed by atoms with E-state index >= 15 is 0 Å². The summed E-state index contributed by atoms with van der Waals surface area (Å²) in [6, 6.07) is 8.92. The maximum Gasteiger partial charge on any atom is 0.379 e. The molecule has 1 atom stereocenters. The molecule has 0 saturated carbocycles. The van der Waals surface area contributed by atoms with Gasteiger partial charge in [0.05, 0.1) is 6.61 Å². The number of esters is 1. The highest BCUT2D eigenvalue weighted by atomic mass is 19.3. The lowest BCUT2D eigenvalue weighted by Gasteiger charge is -2.20. The molecule has 0 heterocycles. The maximum atomic E-state index is 13.4. The number of carbonyl (C=O) groups is 1. The van der Waals surface area contributed by atoms with Crippen LogP contribution in [0.2, 0.25) is 0 Å². The number of aryl methyl sites for hydroxylation is 1. The highest BCUT2D eigenvalue weighted by Gasteiger charge is 2.47. The summed E-state index contributed by atoms with van der Waals surface area (Å²) in [4.78, 5) is 11.0. The molecule has 0 aliphatic rings. The molecule has 1 N–H and O–H groups in total. The summed E-state index contributed by atoms with van der Waals surface area (Å²) in [6.07, 6.45) is -1.95. The molecule has 0 saturated heterocycles. The number of ether oxygens (including phenoxy) is 1. The Balaban J connectivity index is 2.54. The van der Waals surface area contributed by atoms with Gasteiger partial charge < -0.3 is 9.84 Å². The van der Waals surface area contributed by atoms with Crippen LogP contribution in [0.25, 0.3) is 0 Å². The van der Waals surface area contributed by atoms with Crippen LogP contribution in [0, 0.1) is 0 Å². The molecule has 0 aliphatic carbocycles. The molecule has 3 nitrogen and oxygen atoms in total. The quantitative estimate of drug-likeness (QED) is 0.795. The SMILES string of the molecule is CCOC(=O)C(F)(F)[C@H](O)CCc1ccccc1. The fraction of sp³-hybridized carbons (Fsp3) is 0.462. The van der Waals surface area contributed by atoms with Gasteiger partial charge in [-0.2, -0.15) is 8.78 Å². The van der Waals surface area contributed by atoms with Gasteiger partial charge >= 0.3 is 11.9 Å². The van der Waals surface area contributed by atoms with Gasteiger partial charge in [-0.15, -0.1) is 0 Å². The maximum absolute atomic E-state index is 13.4. The zero-order valence-corrected chi connectivity index (χ0v) is 10.1. The number of rotatable bonds is 6. The molecule has 0 fully saturated rings. The molecule has 0 bridgehead atoms. The van der Waals surface area contributed by atoms with E-state index in [1.165, 1.54) is 6.92 Å². The molecular formula is C13H16F2O3. The van der Waals surface area contributed by atoms with Gasteiger partial charge in [0.15, 0.2) is 0 Å². The number of carbonyl (C=O) groups excluding carboxylic acids is 1. The summed E-state index contributed by atoms with van der Waals surface area (Å²) in [5.74, 6) is -5.53. The van der Waals surface area contributed by atoms with E-state index in [0.29, 0.717) is 0 Å². The fourth-order valence-corrected chi connectivity index (χ4v) is 1.49. The van der Waals surface area contributed by atoms with E-state index in [9.17, 15) is 18.7 Å². The minimum atomic E-state index is -3.86. The summed E-state index contributed by atoms with van der Waals surface area (Å²) in [5.41, 5.74) is 0.830. The summed E-state index contributed by atoms with van der Waals surface area (Å²) in [7, 11) is 0. The van der Waals surface area contributed by atoms with Gasteiger partial charge in [0, 0.05) is 0 Å². The van der Waals surface area contributed by atoms with E-state index in [-0.39, 0.29) is 19.4 Å². The van der Waals surface area contributed by atoms with Crippen molar-refractivity contribution < 1.29 is 23.4 Å². The third-order valence-electron chi connectivity index (χ3n) is 2.52. The molecule has 0 amide bonds. The van der Waals surface area contributed by atoms with Crippen LogP contribution in [0.3, 0.4) is 0 Å². The van der Waals surface area contributed by atoms with Crippen LogP contribution in [-0.2, 0) is 16.0 Å². The first-order valence-electron chi connectivity index (χ1n) is 5.75. The molecule has 0 spiro atoms. The van der Waals surface area contributed by atoms with E-state index in [2.05, 4.69) is 4.74 Å². The Morgan fingerprint density at radius 1 is 1.39 bits per heavy atom. The van der Waals surface area contributed by atoms with Crippen molar-refractivity contribution in [2.75, 3.05) is 6.61 Å². The van der Waals surface area contributed by atoms with Gasteiger partial charge in [-0.1, -0.05) is 30.3 Å². The van der Waals surface area contributed by atoms with Gasteiger partial charge in [-0.05, 0) is 25.3 Å². The lowest BCUT2D eigenvalue weighted by molar-refractivity contribution is -0.188. The monoisotopic (exact) mass is 258 g/mol. The second-order valence-corrected chi connectivity index (χ2v) is 3.88. The average Bonchev–Trinajstić information content (AvgIpc) is 2.37. The van der Waals surface area contributed by atoms with Crippen LogP contribution >= 0.6 is 0 Å². The van der Waals surface area contributed by atoms with Crippen LogP contribution < -0.4 is 0 Å². The number of alkyl halides is 2. The minimum Gasteiger partial charge on any atom is -0.461 e. The van der Waals surface area contributed by atoms with E-state index in [1.54, 1.807) is 24.3 Å². The molecule has 0 radical (unpaired) electrons. The molecule has 0 aromatic heterocycles. The molecule has 1 aromatic rings. The van der Waals surface area contributed by atoms with E-state index in [4.69, 9.17) is 0 Å². The molecule has 1 rings (SSSR count). The zero-order valence-electron chi connectivity index (χ0n) is 10.1. The molecule has 1 aromatic carbocycles. The van der Waals surface area contributed by atoms with Crippen LogP contribution in [0.1, 0.15) is 18.9 Å². The molecule has 5 heteroatoms. The first-order valence-corrected chi connectivity index (χ1v) is 5.75. The van der Waals surface area contributed by atoms with Crippen LogP contribution in [0.5, 0.6) is 0 Å². The summed E-state index contributed by atoms with van der Waals surface area (Å²) in [6.45, 7) is 1.30. The molecule has 18 heavy (non-hydrogen) atoms. The van der Waals surface area contributed by atoms with Crippen molar-refractivity contribution in [2.24, 2.45) is 0 Å². The Bertz CT molecular complexity index is 379. The highest BCUT2D eigenvalue weighted by molar-refractivity contribution is 5.78. The lowest BCUT2D eigenvalue weighted by atomic mass is 10.0. The van der Waals surface area contributed by atoms with E-state index < -0.39 is 18.0 Å². The Morgan fingerprint density at radius 2 is 2.00 bits per heavy atom. The zero-order chi connectivity index (χ0) is 13.6. The van der Waals surface area contributed by atoms with Crippen molar-refractivity contribution in [3.8, 4) is 0 Å². The van der Waals surface area contributed by atoms with Crippen LogP contribution in [0.4, 0.5) is 8.78 Å². The molecule has 0 unspecified atom stereocenters. The predicted octanol–water partition coefficient (Wildman–Crippen LogP) is 2.18. The molecule has 0 aliphatic heterocycles. The Morgan fingerprint density at radius 3 is 2.56 bits per heavy atom. The van der Waals surface area contributed by atoms with Gasteiger partial charge in [0.25, 0.3) is 0 Å². The van der Waals surface area contributed by atoms with Gasteiger partial charge in [0.1, 0.15) is 6.10 Å². The third-order valence-corrected chi connectivity index (χ3v) is 2.52. The standard InChI is InChI=1S/C13H16F2O3/c1-2-18-12(17)13(14,15)11(16)9-8-10-6-4-3-5-7-10/h3-7,11,16H,2,8-9H2,1H3/t11-/m1/s1. The number of hydrogen-bond acceptors (Lipinski definition) is 3. The minimum absolute atomic E-state index is 0.139. The molecular weight excluding hydrogens is 242 g/mol. The third kappa shape index (κ3) is 3.77. The van der Waals surface area contributed by atoms with Crippen LogP contribution in [-0.4, -0.2) is 29.7 Å². The van der Waals surface area contributed by atoms with Crippen molar-refractivity contribution in [1.29, 1.82) is 0 Å². The second kappa shape index (κ2) is 6.44. The number of aliphatic hydroxyl groups is 1. The second-order valence-electron chi connectivity index (χ2n) is 3.88. The van der Waals surface area contributed by atoms with Crippen molar-refractivity contribution in [1.82, 2.24) is 0 Å². The van der Waals surface area contributed by atoms with Crippen molar-refractivity contribution in [3.05, 3.63) is 35.9 Å². The largest absolute Gasteiger partial charge is 0.461 e. The average molecular weight is 258 g/mol. The highest BCUT2D eigenvalue weighted by Crippen LogP contribution is 2.24. The van der Waals surface area contributed by atoms with E-state index in [1.807, 2.05) is 6.07 Å². The first kappa shape index (κ1) is 14.6. The summed E-state index contributed by atoms with van der Waals surface area (Å²) < 4.78 is 31.0. The first-order chi connectivity index (χ1) is 8.48. The lowest BCUT2D eigenvalue weighted by Crippen LogP contribution is -2.43. The number of aliphatic hydroxyl groups excluding tert-OH is 1. The Kier molecular flexibility index (Phi) is 5.22. The molecule has 100 valence electrons. The van der Waals surface area contributed by atoms with Crippen molar-refractivity contribution in [2.45, 2.75) is 31.8 Å². The number of halogens is 2. The summed E-state index contributed by atoms with van der Waals surface area (Å²) in [5, 5.41) is 9.38. The topological polar surface area (TPSA) is 46.5 Å². The van der Waals surface area contributed by atoms with Gasteiger partial charge in [-0.25, -0.2) is 4.79 Å². The fourth-order valence-electron chi connectivity index (χ4n) is 1.49.